The summed E-state index contributed by atoms with van der Waals surface area (Å²) in [5.41, 5.74) is 2.02. The Labute approximate surface area is 140 Å². The summed E-state index contributed by atoms with van der Waals surface area (Å²) in [6.45, 7) is 25.8. The number of nitrogens with zero attached hydrogens (tertiary/aromatic N) is 1. The van der Waals surface area contributed by atoms with Crippen LogP contribution in [0.25, 0.3) is 0 Å². The van der Waals surface area contributed by atoms with Crippen molar-refractivity contribution in [3.63, 3.8) is 0 Å². The zero-order valence-corrected chi connectivity index (χ0v) is 17.3. The van der Waals surface area contributed by atoms with Crippen LogP contribution in [0, 0.1) is 16.2 Å². The van der Waals surface area contributed by atoms with Gasteiger partial charge in [0.05, 0.1) is 5.71 Å². The van der Waals surface area contributed by atoms with Gasteiger partial charge < -0.3 is 4.84 Å². The van der Waals surface area contributed by atoms with Crippen LogP contribution < -0.4 is 0 Å². The molecule has 0 fully saturated rings. The quantitative estimate of drug-likeness (QED) is 0.448. The van der Waals surface area contributed by atoms with Crippen molar-refractivity contribution in [2.45, 2.75) is 95.6 Å². The minimum Gasteiger partial charge on any atom is -0.392 e. The van der Waals surface area contributed by atoms with Crippen molar-refractivity contribution >= 4 is 5.71 Å². The van der Waals surface area contributed by atoms with Gasteiger partial charge >= 0.3 is 0 Å². The number of rotatable bonds is 0. The van der Waals surface area contributed by atoms with Gasteiger partial charge in [-0.3, -0.25) is 0 Å². The van der Waals surface area contributed by atoms with E-state index in [1.54, 1.807) is 0 Å². The molecule has 2 nitrogen and oxygen atoms in total. The molecule has 1 aliphatic heterocycles. The highest BCUT2D eigenvalue weighted by atomic mass is 16.6. The van der Waals surface area contributed by atoms with Crippen LogP contribution >= 0.6 is 0 Å². The van der Waals surface area contributed by atoms with E-state index >= 15 is 0 Å². The Kier molecular flexibility index (Phi) is 10.0. The summed E-state index contributed by atoms with van der Waals surface area (Å²) in [5.74, 6) is 0. The fourth-order valence-electron chi connectivity index (χ4n) is 1.44. The SMILES string of the molecule is CC.CC(C)(C)/C=C/C(C)(C)C.C[C@H]1CC(C(C)(C)C)=NO1. The Hall–Kier alpha value is -0.790. The van der Waals surface area contributed by atoms with E-state index in [1.807, 2.05) is 20.8 Å². The molecule has 2 heteroatoms. The maximum Gasteiger partial charge on any atom is 0.130 e. The van der Waals surface area contributed by atoms with Crippen LogP contribution in [0.15, 0.2) is 17.3 Å². The minimum absolute atomic E-state index is 0.185. The Morgan fingerprint density at radius 1 is 0.864 bits per heavy atom. The molecule has 0 amide bonds. The third kappa shape index (κ3) is 14.2. The number of hydrogen-bond acceptors (Lipinski definition) is 2. The van der Waals surface area contributed by atoms with Gasteiger partial charge in [0.2, 0.25) is 0 Å². The van der Waals surface area contributed by atoms with Gasteiger partial charge in [-0.05, 0) is 17.8 Å². The number of allylic oxidation sites excluding steroid dienone is 2. The first-order chi connectivity index (χ1) is 9.71. The minimum atomic E-state index is 0.185. The van der Waals surface area contributed by atoms with E-state index in [9.17, 15) is 0 Å². The Bertz CT molecular complexity index is 329. The lowest BCUT2D eigenvalue weighted by atomic mass is 9.87. The van der Waals surface area contributed by atoms with Gasteiger partial charge in [0.15, 0.2) is 0 Å². The van der Waals surface area contributed by atoms with E-state index < -0.39 is 0 Å². The lowest BCUT2D eigenvalue weighted by molar-refractivity contribution is 0.0994. The van der Waals surface area contributed by atoms with Crippen LogP contribution in [0.5, 0.6) is 0 Å². The summed E-state index contributed by atoms with van der Waals surface area (Å²) < 4.78 is 0. The lowest BCUT2D eigenvalue weighted by Crippen LogP contribution is -2.19. The largest absolute Gasteiger partial charge is 0.392 e. The van der Waals surface area contributed by atoms with Crippen molar-refractivity contribution in [2.75, 3.05) is 0 Å². The third-order valence-corrected chi connectivity index (χ3v) is 2.77. The van der Waals surface area contributed by atoms with Crippen molar-refractivity contribution < 1.29 is 4.84 Å². The molecule has 132 valence electrons. The molecule has 0 N–H and O–H groups in total. The molecular weight excluding hydrogens is 270 g/mol. The molecule has 0 aromatic carbocycles. The van der Waals surface area contributed by atoms with Gasteiger partial charge in [0.25, 0.3) is 0 Å². The first kappa shape index (κ1) is 23.5. The molecule has 1 aliphatic rings. The molecule has 0 bridgehead atoms. The normalized spacial score (nSPS) is 18.7. The van der Waals surface area contributed by atoms with Crippen molar-refractivity contribution in [3.8, 4) is 0 Å². The van der Waals surface area contributed by atoms with E-state index in [2.05, 4.69) is 79.6 Å². The number of oxime groups is 1. The van der Waals surface area contributed by atoms with Gasteiger partial charge in [-0.25, -0.2) is 0 Å². The van der Waals surface area contributed by atoms with E-state index in [-0.39, 0.29) is 11.5 Å². The molecule has 0 aliphatic carbocycles. The monoisotopic (exact) mass is 311 g/mol. The lowest BCUT2D eigenvalue weighted by Gasteiger charge is -2.17. The van der Waals surface area contributed by atoms with Crippen LogP contribution in [0.3, 0.4) is 0 Å². The summed E-state index contributed by atoms with van der Waals surface area (Å²) in [6, 6.07) is 0. The summed E-state index contributed by atoms with van der Waals surface area (Å²) >= 11 is 0. The maximum absolute atomic E-state index is 5.08. The highest BCUT2D eigenvalue weighted by Crippen LogP contribution is 2.24. The van der Waals surface area contributed by atoms with Gasteiger partial charge in [-0.15, -0.1) is 0 Å². The summed E-state index contributed by atoms with van der Waals surface area (Å²) in [7, 11) is 0. The molecule has 0 saturated carbocycles. The maximum atomic E-state index is 5.08. The average Bonchev–Trinajstić information content (AvgIpc) is 2.75. The molecule has 0 unspecified atom stereocenters. The van der Waals surface area contributed by atoms with E-state index in [1.165, 1.54) is 5.71 Å². The molecule has 22 heavy (non-hydrogen) atoms. The van der Waals surface area contributed by atoms with Crippen molar-refractivity contribution in [1.29, 1.82) is 0 Å². The van der Waals surface area contributed by atoms with Crippen molar-refractivity contribution in [3.05, 3.63) is 12.2 Å². The summed E-state index contributed by atoms with van der Waals surface area (Å²) in [5, 5.41) is 4.00. The molecule has 1 rings (SSSR count). The number of hydrogen-bond donors (Lipinski definition) is 0. The Balaban J connectivity index is 0. The summed E-state index contributed by atoms with van der Waals surface area (Å²) in [4.78, 5) is 5.08. The third-order valence-electron chi connectivity index (χ3n) is 2.77. The summed E-state index contributed by atoms with van der Waals surface area (Å²) in [6.07, 6.45) is 5.82. The molecule has 0 saturated heterocycles. The van der Waals surface area contributed by atoms with Crippen LogP contribution in [0.1, 0.15) is 89.5 Å². The molecule has 1 heterocycles. The van der Waals surface area contributed by atoms with Crippen LogP contribution in [-0.2, 0) is 4.84 Å². The van der Waals surface area contributed by atoms with E-state index in [4.69, 9.17) is 4.84 Å². The zero-order valence-electron chi connectivity index (χ0n) is 17.3. The van der Waals surface area contributed by atoms with Crippen LogP contribution in [0.2, 0.25) is 0 Å². The van der Waals surface area contributed by atoms with Gasteiger partial charge in [0.1, 0.15) is 6.10 Å². The molecule has 0 spiro atoms. The second-order valence-corrected chi connectivity index (χ2v) is 8.97. The Morgan fingerprint density at radius 2 is 1.23 bits per heavy atom. The first-order valence-corrected chi connectivity index (χ1v) is 8.64. The van der Waals surface area contributed by atoms with Gasteiger partial charge in [-0.2, -0.15) is 0 Å². The highest BCUT2D eigenvalue weighted by molar-refractivity contribution is 5.90. The Morgan fingerprint density at radius 3 is 1.36 bits per heavy atom. The average molecular weight is 312 g/mol. The fraction of sp³-hybridized carbons (Fsp3) is 0.850. The van der Waals surface area contributed by atoms with Crippen molar-refractivity contribution in [1.82, 2.24) is 0 Å². The predicted octanol–water partition coefficient (Wildman–Crippen LogP) is 6.86. The molecule has 0 aromatic heterocycles. The highest BCUT2D eigenvalue weighted by Gasteiger charge is 2.26. The van der Waals surface area contributed by atoms with E-state index in [0.29, 0.717) is 10.8 Å². The standard InChI is InChI=1S/C10H20.C8H15NO.C2H6/c1-9(2,3)7-8-10(4,5)6;1-6-5-7(9-10-6)8(2,3)4;1-2/h7-8H,1-6H3;6H,5H2,1-4H3;1-2H3/b8-7+;;/t;6-;/m.0./s1. The molecular formula is C20H41NO. The predicted molar refractivity (Wildman–Crippen MR) is 101 cm³/mol. The fourth-order valence-corrected chi connectivity index (χ4v) is 1.44. The van der Waals surface area contributed by atoms with Crippen molar-refractivity contribution in [2.24, 2.45) is 21.4 Å². The molecule has 0 aromatic rings. The topological polar surface area (TPSA) is 21.6 Å². The smallest absolute Gasteiger partial charge is 0.130 e. The molecule has 1 atom stereocenters. The molecule has 0 radical (unpaired) electrons. The van der Waals surface area contributed by atoms with E-state index in [0.717, 1.165) is 6.42 Å². The van der Waals surface area contributed by atoms with Gasteiger partial charge in [-0.1, -0.05) is 93.5 Å². The van der Waals surface area contributed by atoms with Crippen LogP contribution in [-0.4, -0.2) is 11.8 Å². The second-order valence-electron chi connectivity index (χ2n) is 8.97. The first-order valence-electron chi connectivity index (χ1n) is 8.64. The van der Waals surface area contributed by atoms with Gasteiger partial charge in [0, 0.05) is 11.8 Å². The van der Waals surface area contributed by atoms with Crippen LogP contribution in [0.4, 0.5) is 0 Å². The second kappa shape index (κ2) is 9.37. The zero-order chi connectivity index (χ0) is 18.2.